The van der Waals surface area contributed by atoms with Crippen molar-refractivity contribution >= 4 is 17.7 Å². The maximum Gasteiger partial charge on any atom is 0.337 e. The number of aromatic carboxylic acids is 1. The third-order valence-electron chi connectivity index (χ3n) is 2.79. The number of nitrogens with one attached hydrogen (secondary N) is 1. The van der Waals surface area contributed by atoms with Crippen LogP contribution in [-0.4, -0.2) is 22.0 Å². The number of aromatic nitrogens is 1. The van der Waals surface area contributed by atoms with E-state index in [-0.39, 0.29) is 11.5 Å². The predicted octanol–water partition coefficient (Wildman–Crippen LogP) is 3.08. The topological polar surface area (TPSA) is 79.3 Å². The molecule has 0 atom stereocenters. The van der Waals surface area contributed by atoms with Gasteiger partial charge in [-0.3, -0.25) is 4.79 Å². The van der Waals surface area contributed by atoms with Crippen LogP contribution in [0.1, 0.15) is 55.8 Å². The summed E-state index contributed by atoms with van der Waals surface area (Å²) in [7, 11) is 0. The van der Waals surface area contributed by atoms with Crippen LogP contribution in [-0.2, 0) is 4.79 Å². The van der Waals surface area contributed by atoms with E-state index in [0.717, 1.165) is 19.3 Å². The highest BCUT2D eigenvalue weighted by Crippen LogP contribution is 2.08. The molecule has 0 aliphatic rings. The molecule has 0 aliphatic heterocycles. The maximum atomic E-state index is 11.6. The first-order chi connectivity index (χ1) is 9.13. The van der Waals surface area contributed by atoms with Crippen LogP contribution in [0.3, 0.4) is 0 Å². The van der Waals surface area contributed by atoms with Crippen molar-refractivity contribution in [3.63, 3.8) is 0 Å². The van der Waals surface area contributed by atoms with Gasteiger partial charge in [0.2, 0.25) is 5.91 Å². The lowest BCUT2D eigenvalue weighted by Crippen LogP contribution is -2.12. The fourth-order valence-corrected chi connectivity index (χ4v) is 1.69. The van der Waals surface area contributed by atoms with Gasteiger partial charge < -0.3 is 10.4 Å². The van der Waals surface area contributed by atoms with E-state index in [1.54, 1.807) is 0 Å². The number of rotatable bonds is 8. The first kappa shape index (κ1) is 15.1. The number of nitrogens with zero attached hydrogens (tertiary/aromatic N) is 1. The van der Waals surface area contributed by atoms with Crippen LogP contribution in [0.5, 0.6) is 0 Å². The molecule has 1 amide bonds. The number of carbonyl (C=O) groups is 2. The van der Waals surface area contributed by atoms with Gasteiger partial charge in [-0.15, -0.1) is 0 Å². The third kappa shape index (κ3) is 5.99. The van der Waals surface area contributed by atoms with Crippen LogP contribution in [0.4, 0.5) is 5.82 Å². The van der Waals surface area contributed by atoms with E-state index in [1.165, 1.54) is 31.2 Å². The molecule has 1 aromatic heterocycles. The van der Waals surface area contributed by atoms with Gasteiger partial charge in [0.1, 0.15) is 5.82 Å². The quantitative estimate of drug-likeness (QED) is 0.707. The fourth-order valence-electron chi connectivity index (χ4n) is 1.69. The first-order valence-corrected chi connectivity index (χ1v) is 6.62. The summed E-state index contributed by atoms with van der Waals surface area (Å²) in [6.07, 6.45) is 7.21. The summed E-state index contributed by atoms with van der Waals surface area (Å²) in [5.74, 6) is -0.711. The SMILES string of the molecule is CCCCCCCC(=O)Nc1ccc(C(=O)O)cn1. The molecule has 0 spiro atoms. The van der Waals surface area contributed by atoms with Crippen molar-refractivity contribution in [3.05, 3.63) is 23.9 Å². The molecule has 0 aromatic carbocycles. The number of pyridine rings is 1. The van der Waals surface area contributed by atoms with Gasteiger partial charge in [0, 0.05) is 12.6 Å². The van der Waals surface area contributed by atoms with E-state index < -0.39 is 5.97 Å². The highest BCUT2D eigenvalue weighted by atomic mass is 16.4. The Balaban J connectivity index is 2.30. The molecule has 2 N–H and O–H groups in total. The zero-order valence-electron chi connectivity index (χ0n) is 11.2. The highest BCUT2D eigenvalue weighted by molar-refractivity contribution is 5.91. The molecular weight excluding hydrogens is 244 g/mol. The van der Waals surface area contributed by atoms with Crippen LogP contribution < -0.4 is 5.32 Å². The van der Waals surface area contributed by atoms with Crippen molar-refractivity contribution in [2.24, 2.45) is 0 Å². The van der Waals surface area contributed by atoms with Gasteiger partial charge in [-0.2, -0.15) is 0 Å². The smallest absolute Gasteiger partial charge is 0.337 e. The minimum absolute atomic E-state index is 0.0768. The summed E-state index contributed by atoms with van der Waals surface area (Å²) in [6, 6.07) is 2.92. The number of carbonyl (C=O) groups excluding carboxylic acids is 1. The molecule has 0 bridgehead atoms. The van der Waals surface area contributed by atoms with Crippen molar-refractivity contribution < 1.29 is 14.7 Å². The second-order valence-corrected chi connectivity index (χ2v) is 4.45. The fraction of sp³-hybridized carbons (Fsp3) is 0.500. The van der Waals surface area contributed by atoms with E-state index in [0.29, 0.717) is 12.2 Å². The van der Waals surface area contributed by atoms with Crippen molar-refractivity contribution in [1.29, 1.82) is 0 Å². The van der Waals surface area contributed by atoms with Gasteiger partial charge in [0.15, 0.2) is 0 Å². The lowest BCUT2D eigenvalue weighted by atomic mass is 10.1. The van der Waals surface area contributed by atoms with Crippen LogP contribution in [0.2, 0.25) is 0 Å². The van der Waals surface area contributed by atoms with E-state index in [1.807, 2.05) is 0 Å². The van der Waals surface area contributed by atoms with Crippen LogP contribution in [0, 0.1) is 0 Å². The lowest BCUT2D eigenvalue weighted by Gasteiger charge is -2.04. The summed E-state index contributed by atoms with van der Waals surface area (Å²) < 4.78 is 0. The second-order valence-electron chi connectivity index (χ2n) is 4.45. The van der Waals surface area contributed by atoms with E-state index >= 15 is 0 Å². The average Bonchev–Trinajstić information content (AvgIpc) is 2.39. The number of unbranched alkanes of at least 4 members (excludes halogenated alkanes) is 4. The minimum Gasteiger partial charge on any atom is -0.478 e. The van der Waals surface area contributed by atoms with Gasteiger partial charge >= 0.3 is 5.97 Å². The summed E-state index contributed by atoms with van der Waals surface area (Å²) in [5.41, 5.74) is 0.109. The molecule has 1 aromatic rings. The Morgan fingerprint density at radius 1 is 1.21 bits per heavy atom. The Labute approximate surface area is 113 Å². The van der Waals surface area contributed by atoms with Crippen molar-refractivity contribution in [2.75, 3.05) is 5.32 Å². The van der Waals surface area contributed by atoms with E-state index in [2.05, 4.69) is 17.2 Å². The summed E-state index contributed by atoms with van der Waals surface area (Å²) in [4.78, 5) is 26.1. The number of carboxylic acid groups (broad SMARTS) is 1. The Morgan fingerprint density at radius 2 is 1.95 bits per heavy atom. The normalized spacial score (nSPS) is 10.2. The predicted molar refractivity (Wildman–Crippen MR) is 73.2 cm³/mol. The molecule has 0 saturated carbocycles. The van der Waals surface area contributed by atoms with Crippen LogP contribution in [0.25, 0.3) is 0 Å². The molecule has 0 unspecified atom stereocenters. The Hall–Kier alpha value is -1.91. The van der Waals surface area contributed by atoms with Crippen molar-refractivity contribution in [3.8, 4) is 0 Å². The molecule has 0 aliphatic carbocycles. The van der Waals surface area contributed by atoms with Crippen molar-refractivity contribution in [1.82, 2.24) is 4.98 Å². The maximum absolute atomic E-state index is 11.6. The van der Waals surface area contributed by atoms with Crippen LogP contribution in [0.15, 0.2) is 18.3 Å². The molecule has 5 heteroatoms. The van der Waals surface area contributed by atoms with Gasteiger partial charge in [-0.1, -0.05) is 32.6 Å². The highest BCUT2D eigenvalue weighted by Gasteiger charge is 2.05. The summed E-state index contributed by atoms with van der Waals surface area (Å²) >= 11 is 0. The molecule has 1 rings (SSSR count). The van der Waals surface area contributed by atoms with Gasteiger partial charge in [0.25, 0.3) is 0 Å². The average molecular weight is 264 g/mol. The zero-order chi connectivity index (χ0) is 14.1. The second kappa shape index (κ2) is 8.24. The molecule has 19 heavy (non-hydrogen) atoms. The number of hydrogen-bond acceptors (Lipinski definition) is 3. The molecule has 1 heterocycles. The molecule has 0 radical (unpaired) electrons. The third-order valence-corrected chi connectivity index (χ3v) is 2.79. The van der Waals surface area contributed by atoms with Gasteiger partial charge in [-0.25, -0.2) is 9.78 Å². The minimum atomic E-state index is -1.03. The summed E-state index contributed by atoms with van der Waals surface area (Å²) in [6.45, 7) is 2.15. The molecular formula is C14H20N2O3. The van der Waals surface area contributed by atoms with E-state index in [4.69, 9.17) is 5.11 Å². The lowest BCUT2D eigenvalue weighted by molar-refractivity contribution is -0.116. The zero-order valence-corrected chi connectivity index (χ0v) is 11.2. The Kier molecular flexibility index (Phi) is 6.57. The standard InChI is InChI=1S/C14H20N2O3/c1-2-3-4-5-6-7-13(17)16-12-9-8-11(10-15-12)14(18)19/h8-10H,2-7H2,1H3,(H,18,19)(H,15,16,17). The summed E-state index contributed by atoms with van der Waals surface area (Å²) in [5, 5.41) is 11.4. The number of anilines is 1. The molecule has 5 nitrogen and oxygen atoms in total. The van der Waals surface area contributed by atoms with Gasteiger partial charge in [0.05, 0.1) is 5.56 Å². The Bertz CT molecular complexity index is 415. The van der Waals surface area contributed by atoms with Crippen LogP contribution >= 0.6 is 0 Å². The largest absolute Gasteiger partial charge is 0.478 e. The molecule has 0 saturated heterocycles. The Morgan fingerprint density at radius 3 is 2.53 bits per heavy atom. The number of amides is 1. The number of hydrogen-bond donors (Lipinski definition) is 2. The van der Waals surface area contributed by atoms with E-state index in [9.17, 15) is 9.59 Å². The number of carboxylic acids is 1. The monoisotopic (exact) mass is 264 g/mol. The first-order valence-electron chi connectivity index (χ1n) is 6.62. The van der Waals surface area contributed by atoms with Crippen molar-refractivity contribution in [2.45, 2.75) is 45.4 Å². The van der Waals surface area contributed by atoms with Gasteiger partial charge in [-0.05, 0) is 18.6 Å². The molecule has 104 valence electrons. The molecule has 0 fully saturated rings.